The molecular formula is C22H20N2OS. The zero-order valence-electron chi connectivity index (χ0n) is 14.6. The van der Waals surface area contributed by atoms with Gasteiger partial charge in [0, 0.05) is 25.7 Å². The van der Waals surface area contributed by atoms with Gasteiger partial charge < -0.3 is 9.80 Å². The van der Waals surface area contributed by atoms with Crippen LogP contribution in [0.5, 0.6) is 0 Å². The topological polar surface area (TPSA) is 23.6 Å². The number of hydrogen-bond donors (Lipinski definition) is 0. The molecule has 1 amide bonds. The first-order valence-electron chi connectivity index (χ1n) is 8.90. The Morgan fingerprint density at radius 1 is 1.08 bits per heavy atom. The van der Waals surface area contributed by atoms with Gasteiger partial charge in [0.05, 0.1) is 5.41 Å². The maximum Gasteiger partial charge on any atom is 0.225 e. The molecule has 4 heteroatoms. The molecule has 26 heavy (non-hydrogen) atoms. The van der Waals surface area contributed by atoms with Crippen molar-refractivity contribution < 1.29 is 4.79 Å². The maximum atomic E-state index is 13.2. The van der Waals surface area contributed by atoms with Gasteiger partial charge in [0.15, 0.2) is 0 Å². The smallest absolute Gasteiger partial charge is 0.225 e. The lowest BCUT2D eigenvalue weighted by molar-refractivity contribution is -0.129. The first-order valence-corrected chi connectivity index (χ1v) is 9.84. The number of para-hydroxylation sites is 1. The number of anilines is 1. The normalized spacial score (nSPS) is 24.0. The summed E-state index contributed by atoms with van der Waals surface area (Å²) in [5, 5.41) is 4.33. The lowest BCUT2D eigenvalue weighted by Crippen LogP contribution is -2.49. The SMILES string of the molecule is CN1c2ccccc2[C@@]2(c3ccsc3)CC(=O)N(Cc3ccccc3)[C@@H]12. The van der Waals surface area contributed by atoms with Crippen LogP contribution < -0.4 is 4.90 Å². The van der Waals surface area contributed by atoms with Crippen molar-refractivity contribution in [2.45, 2.75) is 24.5 Å². The van der Waals surface area contributed by atoms with Gasteiger partial charge in [0.2, 0.25) is 5.91 Å². The number of likely N-dealkylation sites (tertiary alicyclic amines) is 1. The van der Waals surface area contributed by atoms with E-state index in [2.05, 4.69) is 70.1 Å². The quantitative estimate of drug-likeness (QED) is 0.697. The van der Waals surface area contributed by atoms with E-state index in [1.54, 1.807) is 11.3 Å². The third-order valence-corrected chi connectivity index (χ3v) is 6.53. The van der Waals surface area contributed by atoms with Crippen molar-refractivity contribution in [2.75, 3.05) is 11.9 Å². The number of thiophene rings is 1. The van der Waals surface area contributed by atoms with Crippen molar-refractivity contribution >= 4 is 22.9 Å². The van der Waals surface area contributed by atoms with Gasteiger partial charge in [-0.05, 0) is 39.6 Å². The lowest BCUT2D eigenvalue weighted by atomic mass is 9.74. The molecule has 1 saturated heterocycles. The minimum absolute atomic E-state index is 0.0159. The van der Waals surface area contributed by atoms with E-state index < -0.39 is 0 Å². The average Bonchev–Trinajstić information content (AvgIpc) is 3.35. The second-order valence-corrected chi connectivity index (χ2v) is 7.95. The highest BCUT2D eigenvalue weighted by Crippen LogP contribution is 2.56. The highest BCUT2D eigenvalue weighted by Gasteiger charge is 2.60. The number of amides is 1. The van der Waals surface area contributed by atoms with Gasteiger partial charge in [-0.1, -0.05) is 48.5 Å². The summed E-state index contributed by atoms with van der Waals surface area (Å²) in [5.41, 5.74) is 4.65. The van der Waals surface area contributed by atoms with E-state index in [4.69, 9.17) is 0 Å². The molecule has 3 heterocycles. The fraction of sp³-hybridized carbons (Fsp3) is 0.227. The van der Waals surface area contributed by atoms with Crippen LogP contribution >= 0.6 is 11.3 Å². The Morgan fingerprint density at radius 3 is 2.62 bits per heavy atom. The second-order valence-electron chi connectivity index (χ2n) is 7.17. The Bertz CT molecular complexity index is 953. The number of carbonyl (C=O) groups excluding carboxylic acids is 1. The number of nitrogens with zero attached hydrogens (tertiary/aromatic N) is 2. The predicted octanol–water partition coefficient (Wildman–Crippen LogP) is 4.24. The zero-order valence-corrected chi connectivity index (χ0v) is 15.4. The third kappa shape index (κ3) is 2.02. The van der Waals surface area contributed by atoms with Gasteiger partial charge in [-0.25, -0.2) is 0 Å². The standard InChI is InChI=1S/C22H20N2OS/c1-23-19-10-6-5-9-18(19)22(17-11-12-26-15-17)13-20(25)24(21(22)23)14-16-7-3-2-4-8-16/h2-12,15,21H,13-14H2,1H3/t21-,22+/m1/s1. The second kappa shape index (κ2) is 5.71. The minimum atomic E-state index is -0.281. The van der Waals surface area contributed by atoms with E-state index >= 15 is 0 Å². The average molecular weight is 360 g/mol. The molecule has 1 aromatic heterocycles. The van der Waals surface area contributed by atoms with Crippen LogP contribution in [0.2, 0.25) is 0 Å². The molecule has 0 spiro atoms. The van der Waals surface area contributed by atoms with E-state index in [-0.39, 0.29) is 17.5 Å². The van der Waals surface area contributed by atoms with Crippen molar-refractivity contribution in [3.05, 3.63) is 88.1 Å². The Labute approximate surface area is 157 Å². The minimum Gasteiger partial charge on any atom is -0.353 e. The molecule has 0 radical (unpaired) electrons. The summed E-state index contributed by atoms with van der Waals surface area (Å²) >= 11 is 1.70. The fourth-order valence-electron chi connectivity index (χ4n) is 4.78. The number of rotatable bonds is 3. The number of likely N-dealkylation sites (N-methyl/N-ethyl adjacent to an activating group) is 1. The first kappa shape index (κ1) is 15.6. The van der Waals surface area contributed by atoms with Crippen LogP contribution in [-0.4, -0.2) is 24.0 Å². The summed E-state index contributed by atoms with van der Waals surface area (Å²) in [6.45, 7) is 0.647. The maximum absolute atomic E-state index is 13.2. The number of hydrogen-bond acceptors (Lipinski definition) is 3. The summed E-state index contributed by atoms with van der Waals surface area (Å²) in [7, 11) is 2.12. The molecule has 0 aliphatic carbocycles. The molecule has 0 saturated carbocycles. The van der Waals surface area contributed by atoms with Gasteiger partial charge in [-0.2, -0.15) is 11.3 Å². The third-order valence-electron chi connectivity index (χ3n) is 5.85. The number of fused-ring (bicyclic) bond motifs is 3. The van der Waals surface area contributed by atoms with Gasteiger partial charge in [-0.3, -0.25) is 4.79 Å². The summed E-state index contributed by atoms with van der Waals surface area (Å²) < 4.78 is 0. The Balaban J connectivity index is 1.66. The predicted molar refractivity (Wildman–Crippen MR) is 105 cm³/mol. The summed E-state index contributed by atoms with van der Waals surface area (Å²) in [6, 6.07) is 21.0. The fourth-order valence-corrected chi connectivity index (χ4v) is 5.52. The molecule has 2 atom stereocenters. The molecule has 2 aromatic carbocycles. The number of carbonyl (C=O) groups is 1. The van der Waals surface area contributed by atoms with Crippen LogP contribution in [0, 0.1) is 0 Å². The van der Waals surface area contributed by atoms with E-state index in [1.165, 1.54) is 22.4 Å². The van der Waals surface area contributed by atoms with E-state index in [9.17, 15) is 4.79 Å². The van der Waals surface area contributed by atoms with E-state index in [0.717, 1.165) is 0 Å². The Hall–Kier alpha value is -2.59. The van der Waals surface area contributed by atoms with Crippen LogP contribution in [0.4, 0.5) is 5.69 Å². The summed E-state index contributed by atoms with van der Waals surface area (Å²) in [6.07, 6.45) is 0.546. The van der Waals surface area contributed by atoms with Crippen LogP contribution in [0.1, 0.15) is 23.1 Å². The van der Waals surface area contributed by atoms with Gasteiger partial charge in [0.25, 0.3) is 0 Å². The molecule has 3 aromatic rings. The molecule has 3 nitrogen and oxygen atoms in total. The van der Waals surface area contributed by atoms with Crippen molar-refractivity contribution in [3.63, 3.8) is 0 Å². The van der Waals surface area contributed by atoms with Gasteiger partial charge in [0.1, 0.15) is 6.17 Å². The molecule has 2 aliphatic heterocycles. The molecule has 2 aliphatic rings. The van der Waals surface area contributed by atoms with Crippen LogP contribution in [0.15, 0.2) is 71.4 Å². The van der Waals surface area contributed by atoms with Gasteiger partial charge >= 0.3 is 0 Å². The van der Waals surface area contributed by atoms with Crippen molar-refractivity contribution in [3.8, 4) is 0 Å². The molecule has 0 unspecified atom stereocenters. The first-order chi connectivity index (χ1) is 12.7. The van der Waals surface area contributed by atoms with Crippen molar-refractivity contribution in [2.24, 2.45) is 0 Å². The molecule has 1 fully saturated rings. The highest BCUT2D eigenvalue weighted by molar-refractivity contribution is 7.08. The van der Waals surface area contributed by atoms with E-state index in [1.807, 2.05) is 18.2 Å². The molecule has 5 rings (SSSR count). The zero-order chi connectivity index (χ0) is 17.7. The Morgan fingerprint density at radius 2 is 1.85 bits per heavy atom. The van der Waals surface area contributed by atoms with Crippen molar-refractivity contribution in [1.29, 1.82) is 0 Å². The van der Waals surface area contributed by atoms with Crippen LogP contribution in [0.3, 0.4) is 0 Å². The van der Waals surface area contributed by atoms with Crippen LogP contribution in [-0.2, 0) is 16.8 Å². The highest BCUT2D eigenvalue weighted by atomic mass is 32.1. The molecule has 0 N–H and O–H groups in total. The largest absolute Gasteiger partial charge is 0.353 e. The summed E-state index contributed by atoms with van der Waals surface area (Å²) in [5.74, 6) is 0.228. The van der Waals surface area contributed by atoms with Crippen LogP contribution in [0.25, 0.3) is 0 Å². The van der Waals surface area contributed by atoms with Crippen molar-refractivity contribution in [1.82, 2.24) is 4.90 Å². The molecular weight excluding hydrogens is 340 g/mol. The monoisotopic (exact) mass is 360 g/mol. The number of benzene rings is 2. The summed E-state index contributed by atoms with van der Waals surface area (Å²) in [4.78, 5) is 17.5. The molecule has 0 bridgehead atoms. The Kier molecular flexibility index (Phi) is 3.44. The van der Waals surface area contributed by atoms with E-state index in [0.29, 0.717) is 13.0 Å². The molecule has 130 valence electrons. The lowest BCUT2D eigenvalue weighted by Gasteiger charge is -2.36. The van der Waals surface area contributed by atoms with Gasteiger partial charge in [-0.15, -0.1) is 0 Å².